The van der Waals surface area contributed by atoms with Crippen molar-refractivity contribution in [3.63, 3.8) is 0 Å². The van der Waals surface area contributed by atoms with Crippen LogP contribution in [0.3, 0.4) is 0 Å². The number of nitrogens with one attached hydrogen (secondary N) is 3. The van der Waals surface area contributed by atoms with Crippen molar-refractivity contribution in [3.05, 3.63) is 16.5 Å². The molecule has 1 heterocycles. The van der Waals surface area contributed by atoms with Crippen LogP contribution in [0.2, 0.25) is 0 Å². The Labute approximate surface area is 159 Å². The molecule has 0 aliphatic heterocycles. The SMILES string of the molecule is CCNC(=O)C[NH+](CC)CC(=O)Nc1sc(C(C)C)cc1C(=O)OCC. The second-order valence-electron chi connectivity index (χ2n) is 6.23. The molecule has 0 aliphatic rings. The molecule has 1 unspecified atom stereocenters. The van der Waals surface area contributed by atoms with E-state index in [1.165, 1.54) is 11.3 Å². The first-order valence-electron chi connectivity index (χ1n) is 9.03. The summed E-state index contributed by atoms with van der Waals surface area (Å²) in [5, 5.41) is 6.06. The van der Waals surface area contributed by atoms with Crippen molar-refractivity contribution in [2.75, 3.05) is 38.1 Å². The molecule has 0 aromatic carbocycles. The standard InChI is InChI=1S/C18H29N3O4S/c1-6-19-15(22)10-21(7-2)11-16(23)20-17-13(18(24)25-8-3)9-14(26-17)12(4)5/h9,12H,6-8,10-11H2,1-5H3,(H,19,22)(H,20,23)/p+1. The molecule has 0 radical (unpaired) electrons. The number of hydrogen-bond donors (Lipinski definition) is 3. The van der Waals surface area contributed by atoms with Gasteiger partial charge in [-0.3, -0.25) is 9.59 Å². The Hall–Kier alpha value is -1.93. The van der Waals surface area contributed by atoms with Gasteiger partial charge in [-0.2, -0.15) is 0 Å². The summed E-state index contributed by atoms with van der Waals surface area (Å²) in [6.07, 6.45) is 0. The van der Waals surface area contributed by atoms with E-state index >= 15 is 0 Å². The predicted octanol–water partition coefficient (Wildman–Crippen LogP) is 1.03. The molecular formula is C18H30N3O4S+. The normalized spacial score (nSPS) is 11.9. The van der Waals surface area contributed by atoms with Crippen LogP contribution in [0.4, 0.5) is 5.00 Å². The van der Waals surface area contributed by atoms with E-state index in [0.29, 0.717) is 23.7 Å². The van der Waals surface area contributed by atoms with E-state index in [9.17, 15) is 14.4 Å². The van der Waals surface area contributed by atoms with Crippen LogP contribution in [-0.2, 0) is 14.3 Å². The molecule has 7 nitrogen and oxygen atoms in total. The molecule has 1 rings (SSSR count). The Bertz CT molecular complexity index is 628. The zero-order valence-electron chi connectivity index (χ0n) is 16.2. The van der Waals surface area contributed by atoms with Crippen molar-refractivity contribution in [3.8, 4) is 0 Å². The fourth-order valence-corrected chi connectivity index (χ4v) is 3.41. The molecule has 26 heavy (non-hydrogen) atoms. The van der Waals surface area contributed by atoms with Gasteiger partial charge in [-0.05, 0) is 32.8 Å². The lowest BCUT2D eigenvalue weighted by molar-refractivity contribution is -0.881. The lowest BCUT2D eigenvalue weighted by atomic mass is 10.1. The molecule has 0 spiro atoms. The van der Waals surface area contributed by atoms with Crippen molar-refractivity contribution >= 4 is 34.1 Å². The van der Waals surface area contributed by atoms with Gasteiger partial charge in [-0.1, -0.05) is 13.8 Å². The van der Waals surface area contributed by atoms with Crippen molar-refractivity contribution in [2.45, 2.75) is 40.5 Å². The predicted molar refractivity (Wildman–Crippen MR) is 103 cm³/mol. The second-order valence-corrected chi connectivity index (χ2v) is 7.31. The summed E-state index contributed by atoms with van der Waals surface area (Å²) in [7, 11) is 0. The van der Waals surface area contributed by atoms with Gasteiger partial charge in [0.2, 0.25) is 0 Å². The number of carbonyl (C=O) groups excluding carboxylic acids is 3. The van der Waals surface area contributed by atoms with E-state index in [0.717, 1.165) is 9.78 Å². The van der Waals surface area contributed by atoms with Gasteiger partial charge in [0.25, 0.3) is 11.8 Å². The molecule has 0 saturated carbocycles. The zero-order valence-corrected chi connectivity index (χ0v) is 17.0. The monoisotopic (exact) mass is 384 g/mol. The number of carbonyl (C=O) groups is 3. The number of anilines is 1. The summed E-state index contributed by atoms with van der Waals surface area (Å²) < 4.78 is 5.08. The second kappa shape index (κ2) is 10.9. The Morgan fingerprint density at radius 3 is 2.35 bits per heavy atom. The number of rotatable bonds is 10. The average molecular weight is 385 g/mol. The minimum Gasteiger partial charge on any atom is -0.462 e. The van der Waals surface area contributed by atoms with E-state index in [-0.39, 0.29) is 37.4 Å². The highest BCUT2D eigenvalue weighted by molar-refractivity contribution is 7.16. The van der Waals surface area contributed by atoms with Crippen molar-refractivity contribution in [1.82, 2.24) is 5.32 Å². The van der Waals surface area contributed by atoms with Crippen molar-refractivity contribution < 1.29 is 24.0 Å². The van der Waals surface area contributed by atoms with Crippen LogP contribution in [0.15, 0.2) is 6.07 Å². The number of quaternary nitrogens is 1. The van der Waals surface area contributed by atoms with Gasteiger partial charge in [0.05, 0.1) is 18.7 Å². The molecule has 146 valence electrons. The van der Waals surface area contributed by atoms with E-state index < -0.39 is 5.97 Å². The fraction of sp³-hybridized carbons (Fsp3) is 0.611. The summed E-state index contributed by atoms with van der Waals surface area (Å²) in [5.41, 5.74) is 0.385. The third-order valence-corrected chi connectivity index (χ3v) is 5.11. The van der Waals surface area contributed by atoms with Crippen LogP contribution in [0.5, 0.6) is 0 Å². The van der Waals surface area contributed by atoms with Gasteiger partial charge in [-0.25, -0.2) is 4.79 Å². The molecule has 8 heteroatoms. The van der Waals surface area contributed by atoms with Crippen LogP contribution >= 0.6 is 11.3 Å². The van der Waals surface area contributed by atoms with E-state index in [1.807, 2.05) is 27.7 Å². The van der Waals surface area contributed by atoms with Gasteiger partial charge < -0.3 is 20.3 Å². The van der Waals surface area contributed by atoms with E-state index in [1.54, 1.807) is 13.0 Å². The van der Waals surface area contributed by atoms with Crippen LogP contribution in [-0.4, -0.2) is 50.6 Å². The molecule has 1 aromatic rings. The Morgan fingerprint density at radius 1 is 1.15 bits per heavy atom. The number of esters is 1. The zero-order chi connectivity index (χ0) is 19.7. The Morgan fingerprint density at radius 2 is 1.81 bits per heavy atom. The van der Waals surface area contributed by atoms with Gasteiger partial charge in [0, 0.05) is 11.4 Å². The smallest absolute Gasteiger partial charge is 0.341 e. The molecule has 1 atom stereocenters. The molecular weight excluding hydrogens is 354 g/mol. The maximum atomic E-state index is 12.4. The first-order valence-corrected chi connectivity index (χ1v) is 9.84. The number of thiophene rings is 1. The quantitative estimate of drug-likeness (QED) is 0.526. The third kappa shape index (κ3) is 6.76. The van der Waals surface area contributed by atoms with Crippen LogP contribution in [0.25, 0.3) is 0 Å². The maximum absolute atomic E-state index is 12.4. The summed E-state index contributed by atoms with van der Waals surface area (Å²) in [6, 6.07) is 1.78. The Balaban J connectivity index is 2.83. The molecule has 0 bridgehead atoms. The van der Waals surface area contributed by atoms with Crippen LogP contribution in [0.1, 0.15) is 55.8 Å². The number of likely N-dealkylation sites (N-methyl/N-ethyl adjacent to an activating group) is 2. The average Bonchev–Trinajstić information content (AvgIpc) is 2.98. The molecule has 2 amide bonds. The minimum absolute atomic E-state index is 0.0809. The molecule has 3 N–H and O–H groups in total. The summed E-state index contributed by atoms with van der Waals surface area (Å²) in [6.45, 7) is 11.5. The Kier molecular flexibility index (Phi) is 9.29. The third-order valence-electron chi connectivity index (χ3n) is 3.76. The van der Waals surface area contributed by atoms with Gasteiger partial charge >= 0.3 is 5.97 Å². The molecule has 0 aliphatic carbocycles. The van der Waals surface area contributed by atoms with Crippen molar-refractivity contribution in [2.24, 2.45) is 0 Å². The maximum Gasteiger partial charge on any atom is 0.341 e. The lowest BCUT2D eigenvalue weighted by Crippen LogP contribution is -3.14. The van der Waals surface area contributed by atoms with Gasteiger partial charge in [0.1, 0.15) is 5.00 Å². The number of amides is 2. The fourth-order valence-electron chi connectivity index (χ4n) is 2.35. The summed E-state index contributed by atoms with van der Waals surface area (Å²) >= 11 is 1.39. The molecule has 1 aromatic heterocycles. The van der Waals surface area contributed by atoms with Crippen molar-refractivity contribution in [1.29, 1.82) is 0 Å². The highest BCUT2D eigenvalue weighted by Gasteiger charge is 2.22. The molecule has 0 fully saturated rings. The van der Waals surface area contributed by atoms with Gasteiger partial charge in [-0.15, -0.1) is 11.3 Å². The minimum atomic E-state index is -0.437. The molecule has 0 saturated heterocycles. The number of ether oxygens (including phenoxy) is 1. The first kappa shape index (κ1) is 22.1. The topological polar surface area (TPSA) is 88.9 Å². The summed E-state index contributed by atoms with van der Waals surface area (Å²) in [4.78, 5) is 38.2. The highest BCUT2D eigenvalue weighted by Crippen LogP contribution is 2.33. The van der Waals surface area contributed by atoms with Gasteiger partial charge in [0.15, 0.2) is 13.1 Å². The van der Waals surface area contributed by atoms with E-state index in [2.05, 4.69) is 10.6 Å². The van der Waals surface area contributed by atoms with Crippen LogP contribution < -0.4 is 15.5 Å². The lowest BCUT2D eigenvalue weighted by Gasteiger charge is -2.16. The largest absolute Gasteiger partial charge is 0.462 e. The number of hydrogen-bond acceptors (Lipinski definition) is 5. The van der Waals surface area contributed by atoms with Crippen LogP contribution in [0, 0.1) is 0 Å². The highest BCUT2D eigenvalue weighted by atomic mass is 32.1. The van der Waals surface area contributed by atoms with E-state index in [4.69, 9.17) is 4.74 Å². The first-order chi connectivity index (χ1) is 12.3. The summed E-state index contributed by atoms with van der Waals surface area (Å²) in [5.74, 6) is -0.501.